The maximum absolute atomic E-state index is 9.39. The molecule has 4 heteroatoms. The fraction of sp³-hybridized carbons (Fsp3) is 0.188. The number of nitriles is 1. The van der Waals surface area contributed by atoms with E-state index in [4.69, 9.17) is 11.6 Å². The molecule has 0 saturated carbocycles. The van der Waals surface area contributed by atoms with Crippen LogP contribution in [0.1, 0.15) is 18.1 Å². The van der Waals surface area contributed by atoms with E-state index in [1.54, 1.807) is 11.8 Å². The molecule has 0 saturated heterocycles. The summed E-state index contributed by atoms with van der Waals surface area (Å²) >= 11 is 7.64. The van der Waals surface area contributed by atoms with Gasteiger partial charge in [-0.25, -0.2) is 0 Å². The van der Waals surface area contributed by atoms with Crippen LogP contribution >= 0.6 is 23.4 Å². The Hall–Kier alpha value is -1.63. The zero-order valence-corrected chi connectivity index (χ0v) is 13.0. The van der Waals surface area contributed by atoms with Gasteiger partial charge in [0.25, 0.3) is 0 Å². The summed E-state index contributed by atoms with van der Waals surface area (Å²) in [6, 6.07) is 13.8. The van der Waals surface area contributed by atoms with Crippen molar-refractivity contribution < 1.29 is 0 Å². The molecule has 0 amide bonds. The summed E-state index contributed by atoms with van der Waals surface area (Å²) in [5.74, 6) is 0.943. The molecule has 0 aliphatic rings. The first-order chi connectivity index (χ1) is 9.65. The highest BCUT2D eigenvalue weighted by atomic mass is 35.5. The van der Waals surface area contributed by atoms with E-state index in [0.717, 1.165) is 27.6 Å². The predicted molar refractivity (Wildman–Crippen MR) is 87.0 cm³/mol. The van der Waals surface area contributed by atoms with Gasteiger partial charge in [-0.3, -0.25) is 0 Å². The third kappa shape index (κ3) is 3.27. The molecule has 2 rings (SSSR count). The minimum atomic E-state index is 0.689. The Bertz CT molecular complexity index is 662. The molecule has 2 nitrogen and oxygen atoms in total. The second kappa shape index (κ2) is 6.69. The number of hydrogen-bond donors (Lipinski definition) is 1. The Labute approximate surface area is 128 Å². The van der Waals surface area contributed by atoms with E-state index in [1.165, 1.54) is 0 Å². The molecule has 0 radical (unpaired) electrons. The summed E-state index contributed by atoms with van der Waals surface area (Å²) in [6.07, 6.45) is 0. The highest BCUT2D eigenvalue weighted by Crippen LogP contribution is 2.31. The largest absolute Gasteiger partial charge is 0.354 e. The van der Waals surface area contributed by atoms with Gasteiger partial charge in [0.1, 0.15) is 6.07 Å². The first kappa shape index (κ1) is 14.8. The van der Waals surface area contributed by atoms with Crippen LogP contribution in [0.5, 0.6) is 0 Å². The minimum absolute atomic E-state index is 0.689. The lowest BCUT2D eigenvalue weighted by Crippen LogP contribution is -1.97. The van der Waals surface area contributed by atoms with Crippen LogP contribution in [-0.4, -0.2) is 5.75 Å². The van der Waals surface area contributed by atoms with Crippen molar-refractivity contribution in [1.82, 2.24) is 0 Å². The van der Waals surface area contributed by atoms with E-state index in [-0.39, 0.29) is 0 Å². The summed E-state index contributed by atoms with van der Waals surface area (Å²) in [6.45, 7) is 4.07. The van der Waals surface area contributed by atoms with Gasteiger partial charge in [-0.1, -0.05) is 24.6 Å². The lowest BCUT2D eigenvalue weighted by atomic mass is 10.1. The lowest BCUT2D eigenvalue weighted by molar-refractivity contribution is 1.34. The predicted octanol–water partition coefficient (Wildman–Crippen LogP) is 5.38. The molecule has 102 valence electrons. The molecule has 0 aliphatic carbocycles. The Balaban J connectivity index is 2.38. The van der Waals surface area contributed by atoms with Crippen molar-refractivity contribution in [2.24, 2.45) is 0 Å². The van der Waals surface area contributed by atoms with E-state index < -0.39 is 0 Å². The van der Waals surface area contributed by atoms with Gasteiger partial charge >= 0.3 is 0 Å². The smallest absolute Gasteiger partial charge is 0.103 e. The van der Waals surface area contributed by atoms with E-state index in [1.807, 2.05) is 43.3 Å². The van der Waals surface area contributed by atoms with Gasteiger partial charge in [-0.15, -0.1) is 11.8 Å². The van der Waals surface area contributed by atoms with E-state index in [0.29, 0.717) is 10.6 Å². The zero-order valence-electron chi connectivity index (χ0n) is 11.4. The molecule has 0 fully saturated rings. The zero-order chi connectivity index (χ0) is 14.5. The van der Waals surface area contributed by atoms with Crippen LogP contribution in [0.15, 0.2) is 41.3 Å². The topological polar surface area (TPSA) is 35.8 Å². The molecule has 0 aliphatic heterocycles. The number of benzene rings is 2. The monoisotopic (exact) mass is 302 g/mol. The summed E-state index contributed by atoms with van der Waals surface area (Å²) in [4.78, 5) is 1.01. The van der Waals surface area contributed by atoms with E-state index in [9.17, 15) is 5.26 Å². The van der Waals surface area contributed by atoms with Crippen LogP contribution in [0.4, 0.5) is 11.4 Å². The van der Waals surface area contributed by atoms with Gasteiger partial charge in [-0.05, 0) is 48.6 Å². The molecule has 20 heavy (non-hydrogen) atoms. The maximum atomic E-state index is 9.39. The number of nitrogens with one attached hydrogen (secondary N) is 1. The van der Waals surface area contributed by atoms with Crippen molar-refractivity contribution in [3.63, 3.8) is 0 Å². The molecule has 2 aromatic rings. The second-order valence-electron chi connectivity index (χ2n) is 4.31. The molecular weight excluding hydrogens is 288 g/mol. The van der Waals surface area contributed by atoms with Crippen LogP contribution < -0.4 is 5.32 Å². The van der Waals surface area contributed by atoms with Crippen LogP contribution in [0, 0.1) is 18.3 Å². The summed E-state index contributed by atoms with van der Waals surface area (Å²) in [5, 5.41) is 13.4. The van der Waals surface area contributed by atoms with Crippen molar-refractivity contribution in [2.75, 3.05) is 11.1 Å². The van der Waals surface area contributed by atoms with Gasteiger partial charge in [0.05, 0.1) is 11.3 Å². The fourth-order valence-electron chi connectivity index (χ4n) is 1.94. The molecule has 0 spiro atoms. The van der Waals surface area contributed by atoms with Gasteiger partial charge in [0, 0.05) is 15.6 Å². The normalized spacial score (nSPS) is 10.1. The first-order valence-corrected chi connectivity index (χ1v) is 7.71. The average molecular weight is 303 g/mol. The number of anilines is 2. The number of nitrogens with zero attached hydrogens (tertiary/aromatic N) is 1. The third-order valence-electron chi connectivity index (χ3n) is 2.90. The van der Waals surface area contributed by atoms with Crippen molar-refractivity contribution >= 4 is 34.7 Å². The van der Waals surface area contributed by atoms with Gasteiger partial charge in [-0.2, -0.15) is 5.26 Å². The maximum Gasteiger partial charge on any atom is 0.103 e. The molecule has 0 aromatic heterocycles. The first-order valence-electron chi connectivity index (χ1n) is 6.34. The lowest BCUT2D eigenvalue weighted by Gasteiger charge is -2.13. The Morgan fingerprint density at radius 1 is 1.25 bits per heavy atom. The molecule has 2 aromatic carbocycles. The summed E-state index contributed by atoms with van der Waals surface area (Å²) in [5.41, 5.74) is 3.53. The Morgan fingerprint density at radius 3 is 2.70 bits per heavy atom. The third-order valence-corrected chi connectivity index (χ3v) is 4.07. The number of thioether (sulfide) groups is 1. The van der Waals surface area contributed by atoms with Gasteiger partial charge in [0.15, 0.2) is 0 Å². The van der Waals surface area contributed by atoms with Crippen LogP contribution in [-0.2, 0) is 0 Å². The van der Waals surface area contributed by atoms with E-state index >= 15 is 0 Å². The standard InChI is InChI=1S/C16H15ClN2S/c1-3-20-16-6-4-5-15(13(16)10-18)19-14-8-7-12(17)9-11(14)2/h4-9,19H,3H2,1-2H3. The minimum Gasteiger partial charge on any atom is -0.354 e. The fourth-order valence-corrected chi connectivity index (χ4v) is 2.95. The number of aryl methyl sites for hydroxylation is 1. The molecule has 0 unspecified atom stereocenters. The van der Waals surface area contributed by atoms with Gasteiger partial charge in [0.2, 0.25) is 0 Å². The average Bonchev–Trinajstić information content (AvgIpc) is 2.42. The van der Waals surface area contributed by atoms with Crippen molar-refractivity contribution in [2.45, 2.75) is 18.7 Å². The van der Waals surface area contributed by atoms with Crippen LogP contribution in [0.3, 0.4) is 0 Å². The second-order valence-corrected chi connectivity index (χ2v) is 6.05. The number of halogens is 1. The van der Waals surface area contributed by atoms with Crippen molar-refractivity contribution in [3.05, 3.63) is 52.5 Å². The van der Waals surface area contributed by atoms with Crippen LogP contribution in [0.25, 0.3) is 0 Å². The van der Waals surface area contributed by atoms with Gasteiger partial charge < -0.3 is 5.32 Å². The van der Waals surface area contributed by atoms with Crippen molar-refractivity contribution in [1.29, 1.82) is 5.26 Å². The molecular formula is C16H15ClN2S. The van der Waals surface area contributed by atoms with Crippen molar-refractivity contribution in [3.8, 4) is 6.07 Å². The number of rotatable bonds is 4. The highest BCUT2D eigenvalue weighted by Gasteiger charge is 2.09. The molecule has 1 N–H and O–H groups in total. The Kier molecular flexibility index (Phi) is 4.94. The summed E-state index contributed by atoms with van der Waals surface area (Å²) in [7, 11) is 0. The number of hydrogen-bond acceptors (Lipinski definition) is 3. The molecule has 0 atom stereocenters. The quantitative estimate of drug-likeness (QED) is 0.771. The molecule has 0 bridgehead atoms. The van der Waals surface area contributed by atoms with E-state index in [2.05, 4.69) is 18.3 Å². The highest BCUT2D eigenvalue weighted by molar-refractivity contribution is 7.99. The molecule has 0 heterocycles. The SMILES string of the molecule is CCSc1cccc(Nc2ccc(Cl)cc2C)c1C#N. The summed E-state index contributed by atoms with van der Waals surface area (Å²) < 4.78 is 0. The van der Waals surface area contributed by atoms with Crippen LogP contribution in [0.2, 0.25) is 5.02 Å². The Morgan fingerprint density at radius 2 is 2.05 bits per heavy atom.